The van der Waals surface area contributed by atoms with E-state index < -0.39 is 10.0 Å². The zero-order chi connectivity index (χ0) is 12.2. The molecular weight excluding hydrogens is 266 g/mol. The summed E-state index contributed by atoms with van der Waals surface area (Å²) in [5.74, 6) is 0.125. The van der Waals surface area contributed by atoms with Crippen molar-refractivity contribution in [3.8, 4) is 0 Å². The fraction of sp³-hybridized carbons (Fsp3) is 0.889. The SMILES string of the molecule is CCS(=O)(=O)N1CCN(C(=O)CCN)CC1.Cl. The smallest absolute Gasteiger partial charge is 0.223 e. The number of carbonyl (C=O) groups excluding carboxylic acids is 1. The van der Waals surface area contributed by atoms with Gasteiger partial charge in [-0.15, -0.1) is 12.4 Å². The van der Waals surface area contributed by atoms with E-state index in [-0.39, 0.29) is 24.1 Å². The summed E-state index contributed by atoms with van der Waals surface area (Å²) in [4.78, 5) is 13.2. The molecule has 1 aliphatic heterocycles. The van der Waals surface area contributed by atoms with E-state index in [0.717, 1.165) is 0 Å². The molecule has 0 unspecified atom stereocenters. The van der Waals surface area contributed by atoms with E-state index in [9.17, 15) is 13.2 Å². The molecule has 102 valence electrons. The van der Waals surface area contributed by atoms with Crippen molar-refractivity contribution in [1.29, 1.82) is 0 Å². The third kappa shape index (κ3) is 4.42. The number of nitrogens with two attached hydrogens (primary N) is 1. The third-order valence-electron chi connectivity index (χ3n) is 2.71. The summed E-state index contributed by atoms with van der Waals surface area (Å²) < 4.78 is 24.6. The summed E-state index contributed by atoms with van der Waals surface area (Å²) in [6.07, 6.45) is 0.334. The van der Waals surface area contributed by atoms with E-state index in [1.807, 2.05) is 0 Å². The molecule has 1 saturated heterocycles. The van der Waals surface area contributed by atoms with E-state index in [4.69, 9.17) is 5.73 Å². The van der Waals surface area contributed by atoms with E-state index >= 15 is 0 Å². The largest absolute Gasteiger partial charge is 0.340 e. The molecule has 1 aliphatic rings. The first-order valence-electron chi connectivity index (χ1n) is 5.47. The van der Waals surface area contributed by atoms with Gasteiger partial charge in [-0.25, -0.2) is 8.42 Å². The number of piperazine rings is 1. The van der Waals surface area contributed by atoms with Crippen LogP contribution in [0.15, 0.2) is 0 Å². The molecule has 1 fully saturated rings. The minimum absolute atomic E-state index is 0. The molecule has 17 heavy (non-hydrogen) atoms. The number of amides is 1. The minimum atomic E-state index is -3.11. The number of nitrogens with zero attached hydrogens (tertiary/aromatic N) is 2. The van der Waals surface area contributed by atoms with Crippen molar-refractivity contribution in [2.45, 2.75) is 13.3 Å². The Bertz CT molecular complexity index is 339. The van der Waals surface area contributed by atoms with Gasteiger partial charge in [-0.05, 0) is 6.92 Å². The highest BCUT2D eigenvalue weighted by molar-refractivity contribution is 7.89. The number of sulfonamides is 1. The van der Waals surface area contributed by atoms with Crippen molar-refractivity contribution >= 4 is 28.3 Å². The second-order valence-electron chi connectivity index (χ2n) is 3.72. The van der Waals surface area contributed by atoms with Gasteiger partial charge in [0.25, 0.3) is 0 Å². The first-order valence-corrected chi connectivity index (χ1v) is 7.08. The Morgan fingerprint density at radius 3 is 2.18 bits per heavy atom. The van der Waals surface area contributed by atoms with Gasteiger partial charge >= 0.3 is 0 Å². The van der Waals surface area contributed by atoms with Crippen LogP contribution in [0.1, 0.15) is 13.3 Å². The fourth-order valence-corrected chi connectivity index (χ4v) is 2.76. The molecule has 0 radical (unpaired) electrons. The molecule has 2 N–H and O–H groups in total. The van der Waals surface area contributed by atoms with Gasteiger partial charge in [0.1, 0.15) is 0 Å². The number of hydrogen-bond donors (Lipinski definition) is 1. The van der Waals surface area contributed by atoms with Gasteiger partial charge in [-0.2, -0.15) is 4.31 Å². The van der Waals surface area contributed by atoms with E-state index in [1.54, 1.807) is 11.8 Å². The zero-order valence-electron chi connectivity index (χ0n) is 9.96. The predicted molar refractivity (Wildman–Crippen MR) is 68.5 cm³/mol. The molecule has 1 rings (SSSR count). The summed E-state index contributed by atoms with van der Waals surface area (Å²) in [6.45, 7) is 3.70. The van der Waals surface area contributed by atoms with Crippen LogP contribution in [0.2, 0.25) is 0 Å². The summed E-state index contributed by atoms with van der Waals surface area (Å²) in [7, 11) is -3.11. The van der Waals surface area contributed by atoms with Crippen LogP contribution in [0.5, 0.6) is 0 Å². The third-order valence-corrected chi connectivity index (χ3v) is 4.59. The van der Waals surface area contributed by atoms with Gasteiger partial charge in [0.2, 0.25) is 15.9 Å². The molecule has 1 amide bonds. The normalized spacial score (nSPS) is 17.6. The second kappa shape index (κ2) is 7.15. The van der Waals surface area contributed by atoms with E-state index in [2.05, 4.69) is 0 Å². The van der Waals surface area contributed by atoms with Crippen LogP contribution in [0.4, 0.5) is 0 Å². The van der Waals surface area contributed by atoms with Crippen LogP contribution in [-0.4, -0.2) is 62.0 Å². The Kier molecular flexibility index (Phi) is 6.99. The fourth-order valence-electron chi connectivity index (χ4n) is 1.68. The maximum absolute atomic E-state index is 11.6. The summed E-state index contributed by atoms with van der Waals surface area (Å²) in [6, 6.07) is 0. The molecule has 0 aliphatic carbocycles. The molecule has 0 saturated carbocycles. The first-order chi connectivity index (χ1) is 7.51. The Labute approximate surface area is 109 Å². The highest BCUT2D eigenvalue weighted by Crippen LogP contribution is 2.08. The van der Waals surface area contributed by atoms with Crippen molar-refractivity contribution in [1.82, 2.24) is 9.21 Å². The van der Waals surface area contributed by atoms with Gasteiger partial charge < -0.3 is 10.6 Å². The van der Waals surface area contributed by atoms with Gasteiger partial charge in [0.05, 0.1) is 5.75 Å². The molecule has 0 aromatic carbocycles. The van der Waals surface area contributed by atoms with Crippen molar-refractivity contribution in [3.05, 3.63) is 0 Å². The minimum Gasteiger partial charge on any atom is -0.340 e. The van der Waals surface area contributed by atoms with Crippen LogP contribution in [0.25, 0.3) is 0 Å². The standard InChI is InChI=1S/C9H19N3O3S.ClH/c1-2-16(14,15)12-7-5-11(6-8-12)9(13)3-4-10;/h2-8,10H2,1H3;1H. The number of hydrogen-bond acceptors (Lipinski definition) is 4. The van der Waals surface area contributed by atoms with Gasteiger partial charge in [-0.1, -0.05) is 0 Å². The number of halogens is 1. The van der Waals surface area contributed by atoms with Gasteiger partial charge in [-0.3, -0.25) is 4.79 Å². The molecule has 0 aromatic heterocycles. The molecular formula is C9H20ClN3O3S. The Hall–Kier alpha value is -0.370. The van der Waals surface area contributed by atoms with Crippen LogP contribution in [-0.2, 0) is 14.8 Å². The Balaban J connectivity index is 0.00000256. The first kappa shape index (κ1) is 16.6. The van der Waals surface area contributed by atoms with Crippen molar-refractivity contribution in [2.75, 3.05) is 38.5 Å². The molecule has 0 aromatic rings. The lowest BCUT2D eigenvalue weighted by atomic mass is 10.3. The lowest BCUT2D eigenvalue weighted by Crippen LogP contribution is -2.51. The molecule has 6 nitrogen and oxygen atoms in total. The van der Waals surface area contributed by atoms with Crippen LogP contribution in [0.3, 0.4) is 0 Å². The monoisotopic (exact) mass is 285 g/mol. The van der Waals surface area contributed by atoms with E-state index in [0.29, 0.717) is 39.1 Å². The van der Waals surface area contributed by atoms with Crippen LogP contribution < -0.4 is 5.73 Å². The maximum Gasteiger partial charge on any atom is 0.223 e. The molecule has 1 heterocycles. The zero-order valence-corrected chi connectivity index (χ0v) is 11.6. The van der Waals surface area contributed by atoms with Crippen molar-refractivity contribution in [2.24, 2.45) is 5.73 Å². The summed E-state index contributed by atoms with van der Waals surface area (Å²) in [5.41, 5.74) is 5.30. The Morgan fingerprint density at radius 1 is 1.24 bits per heavy atom. The molecule has 8 heteroatoms. The summed E-state index contributed by atoms with van der Waals surface area (Å²) in [5, 5.41) is 0. The van der Waals surface area contributed by atoms with Crippen LogP contribution >= 0.6 is 12.4 Å². The topological polar surface area (TPSA) is 83.7 Å². The van der Waals surface area contributed by atoms with Crippen molar-refractivity contribution < 1.29 is 13.2 Å². The average Bonchev–Trinajstić information content (AvgIpc) is 2.29. The highest BCUT2D eigenvalue weighted by Gasteiger charge is 2.26. The number of carbonyl (C=O) groups is 1. The molecule has 0 bridgehead atoms. The van der Waals surface area contributed by atoms with E-state index in [1.165, 1.54) is 4.31 Å². The maximum atomic E-state index is 11.6. The lowest BCUT2D eigenvalue weighted by molar-refractivity contribution is -0.132. The predicted octanol–water partition coefficient (Wildman–Crippen LogP) is -0.749. The lowest BCUT2D eigenvalue weighted by Gasteiger charge is -2.33. The Morgan fingerprint density at radius 2 is 1.76 bits per heavy atom. The summed E-state index contributed by atoms with van der Waals surface area (Å²) >= 11 is 0. The quantitative estimate of drug-likeness (QED) is 0.737. The van der Waals surface area contributed by atoms with Crippen molar-refractivity contribution in [3.63, 3.8) is 0 Å². The molecule has 0 atom stereocenters. The van der Waals surface area contributed by atoms with Gasteiger partial charge in [0.15, 0.2) is 0 Å². The highest BCUT2D eigenvalue weighted by atomic mass is 35.5. The number of rotatable bonds is 4. The van der Waals surface area contributed by atoms with Gasteiger partial charge in [0, 0.05) is 39.1 Å². The van der Waals surface area contributed by atoms with Crippen LogP contribution in [0, 0.1) is 0 Å². The second-order valence-corrected chi connectivity index (χ2v) is 5.98. The molecule has 0 spiro atoms. The average molecular weight is 286 g/mol.